The summed E-state index contributed by atoms with van der Waals surface area (Å²) in [6, 6.07) is 19.8. The van der Waals surface area contributed by atoms with Crippen LogP contribution in [0.3, 0.4) is 0 Å². The van der Waals surface area contributed by atoms with Crippen molar-refractivity contribution >= 4 is 13.9 Å². The average Bonchev–Trinajstić information content (AvgIpc) is 3.65. The Labute approximate surface area is 245 Å². The van der Waals surface area contributed by atoms with E-state index < -0.39 is 0 Å². The molecule has 216 valence electrons. The van der Waals surface area contributed by atoms with Crippen LogP contribution >= 0.6 is 8.58 Å². The van der Waals surface area contributed by atoms with E-state index >= 15 is 0 Å². The molecular formula is C34H40FN2O3P. The summed E-state index contributed by atoms with van der Waals surface area (Å²) in [5, 5.41) is 1.30. The van der Waals surface area contributed by atoms with Gasteiger partial charge in [0.05, 0.1) is 6.04 Å². The minimum absolute atomic E-state index is 0.00619. The Kier molecular flexibility index (Phi) is 9.97. The highest BCUT2D eigenvalue weighted by Crippen LogP contribution is 2.34. The second-order valence-electron chi connectivity index (χ2n) is 10.6. The molecule has 0 saturated carbocycles. The molecule has 0 spiro atoms. The van der Waals surface area contributed by atoms with E-state index in [0.717, 1.165) is 74.6 Å². The zero-order chi connectivity index (χ0) is 28.6. The number of benzene rings is 3. The fourth-order valence-corrected chi connectivity index (χ4v) is 6.57. The smallest absolute Gasteiger partial charge is 0.231 e. The lowest BCUT2D eigenvalue weighted by molar-refractivity contribution is 0.174. The molecule has 0 aliphatic carbocycles. The molecule has 0 saturated heterocycles. The van der Waals surface area contributed by atoms with Crippen LogP contribution in [0.15, 0.2) is 85.1 Å². The van der Waals surface area contributed by atoms with Gasteiger partial charge in [-0.3, -0.25) is 4.90 Å². The van der Waals surface area contributed by atoms with Crippen LogP contribution < -0.4 is 19.5 Å². The summed E-state index contributed by atoms with van der Waals surface area (Å²) in [7, 11) is 0.690. The molecule has 7 heteroatoms. The highest BCUT2D eigenvalue weighted by Gasteiger charge is 2.24. The van der Waals surface area contributed by atoms with Gasteiger partial charge in [0.15, 0.2) is 11.5 Å². The molecule has 2 heterocycles. The number of allylic oxidation sites excluding steroid dienone is 1. The van der Waals surface area contributed by atoms with Gasteiger partial charge in [0.25, 0.3) is 0 Å². The molecule has 2 aliphatic heterocycles. The summed E-state index contributed by atoms with van der Waals surface area (Å²) >= 11 is 0. The third-order valence-corrected chi connectivity index (χ3v) is 8.68. The molecule has 5 nitrogen and oxygen atoms in total. The van der Waals surface area contributed by atoms with Crippen LogP contribution in [0.4, 0.5) is 4.39 Å². The molecule has 0 N–H and O–H groups in total. The molecule has 3 aromatic carbocycles. The second kappa shape index (κ2) is 14.0. The van der Waals surface area contributed by atoms with Crippen LogP contribution in [0, 0.1) is 5.82 Å². The minimum Gasteiger partial charge on any atom is -0.488 e. The van der Waals surface area contributed by atoms with Crippen molar-refractivity contribution in [2.24, 2.45) is 0 Å². The van der Waals surface area contributed by atoms with E-state index in [1.807, 2.05) is 18.2 Å². The molecule has 0 fully saturated rings. The van der Waals surface area contributed by atoms with E-state index in [2.05, 4.69) is 66.6 Å². The molecule has 5 rings (SSSR count). The summed E-state index contributed by atoms with van der Waals surface area (Å²) in [6.45, 7) is 11.8. The van der Waals surface area contributed by atoms with Crippen molar-refractivity contribution in [1.82, 2.24) is 9.80 Å². The summed E-state index contributed by atoms with van der Waals surface area (Å²) in [5.74, 6) is 2.39. The minimum atomic E-state index is -0.209. The number of hydrogen-bond acceptors (Lipinski definition) is 5. The molecule has 2 aliphatic rings. The third-order valence-electron chi connectivity index (χ3n) is 7.62. The number of halogens is 1. The lowest BCUT2D eigenvalue weighted by Crippen LogP contribution is -2.36. The van der Waals surface area contributed by atoms with Gasteiger partial charge in [-0.2, -0.15) is 0 Å². The Bertz CT molecular complexity index is 1320. The molecule has 3 aromatic rings. The Hall–Kier alpha value is -3.34. The molecule has 0 radical (unpaired) electrons. The summed E-state index contributed by atoms with van der Waals surface area (Å²) < 4.78 is 31.4. The first-order chi connectivity index (χ1) is 20.1. The molecule has 0 aromatic heterocycles. The highest BCUT2D eigenvalue weighted by atomic mass is 31.1. The Morgan fingerprint density at radius 3 is 2.54 bits per heavy atom. The third kappa shape index (κ3) is 7.30. The first-order valence-electron chi connectivity index (χ1n) is 14.5. The van der Waals surface area contributed by atoms with Gasteiger partial charge in [-0.25, -0.2) is 4.39 Å². The van der Waals surface area contributed by atoms with Crippen molar-refractivity contribution < 1.29 is 18.6 Å². The van der Waals surface area contributed by atoms with Gasteiger partial charge in [-0.05, 0) is 81.4 Å². The quantitative estimate of drug-likeness (QED) is 0.147. The summed E-state index contributed by atoms with van der Waals surface area (Å²) in [6.07, 6.45) is 7.80. The SMILES string of the molecule is C=CCC(c1cccc(F)c1)N(CCCC)/C(=C\C)CN(Cc1ccc2c(c1)OCO2)Cc1ccc2c(c1)PCO2. The van der Waals surface area contributed by atoms with Gasteiger partial charge in [0, 0.05) is 37.2 Å². The molecular weight excluding hydrogens is 534 g/mol. The molecule has 0 bridgehead atoms. The van der Waals surface area contributed by atoms with Crippen LogP contribution in [0.5, 0.6) is 17.2 Å². The maximum atomic E-state index is 14.4. The first kappa shape index (κ1) is 29.2. The van der Waals surface area contributed by atoms with Crippen molar-refractivity contribution in [3.05, 3.63) is 108 Å². The van der Waals surface area contributed by atoms with Gasteiger partial charge in [-0.1, -0.05) is 49.8 Å². The zero-order valence-electron chi connectivity index (χ0n) is 24.1. The summed E-state index contributed by atoms with van der Waals surface area (Å²) in [5.41, 5.74) is 4.64. The fourth-order valence-electron chi connectivity index (χ4n) is 5.57. The highest BCUT2D eigenvalue weighted by molar-refractivity contribution is 7.47. The topological polar surface area (TPSA) is 34.2 Å². The van der Waals surface area contributed by atoms with Crippen LogP contribution in [-0.4, -0.2) is 36.0 Å². The first-order valence-corrected chi connectivity index (χ1v) is 15.7. The van der Waals surface area contributed by atoms with Crippen LogP contribution in [0.25, 0.3) is 0 Å². The number of rotatable bonds is 14. The zero-order valence-corrected chi connectivity index (χ0v) is 25.1. The van der Waals surface area contributed by atoms with Crippen molar-refractivity contribution in [3.63, 3.8) is 0 Å². The lowest BCUT2D eigenvalue weighted by Gasteiger charge is -2.38. The van der Waals surface area contributed by atoms with Crippen LogP contribution in [0.1, 0.15) is 55.8 Å². The van der Waals surface area contributed by atoms with Gasteiger partial charge in [-0.15, -0.1) is 6.58 Å². The van der Waals surface area contributed by atoms with E-state index in [0.29, 0.717) is 8.58 Å². The number of hydrogen-bond donors (Lipinski definition) is 0. The van der Waals surface area contributed by atoms with Crippen molar-refractivity contribution in [2.75, 3.05) is 26.2 Å². The van der Waals surface area contributed by atoms with E-state index in [4.69, 9.17) is 14.2 Å². The standard InChI is InChI=1S/C34H40FN2O3P/c1-4-7-16-37(30(9-5-2)27-10-8-11-28(35)19-27)29(6-3)22-36(20-25-12-14-31-33(17-25)39-23-38-31)21-26-13-15-32-34(18-26)41-24-40-32/h5-6,8,10-15,17-19,30,41H,2,4,7,9,16,20-24H2,1,3H3/b29-6-. The Morgan fingerprint density at radius 2 is 1.78 bits per heavy atom. The Balaban J connectivity index is 1.45. The molecule has 41 heavy (non-hydrogen) atoms. The predicted octanol–water partition coefficient (Wildman–Crippen LogP) is 7.53. The van der Waals surface area contributed by atoms with Crippen molar-refractivity contribution in [3.8, 4) is 17.2 Å². The van der Waals surface area contributed by atoms with E-state index in [1.54, 1.807) is 12.1 Å². The number of unbranched alkanes of at least 4 members (excludes halogenated alkanes) is 1. The number of ether oxygens (including phenoxy) is 3. The van der Waals surface area contributed by atoms with Crippen molar-refractivity contribution in [1.29, 1.82) is 0 Å². The van der Waals surface area contributed by atoms with E-state index in [9.17, 15) is 4.39 Å². The van der Waals surface area contributed by atoms with Crippen LogP contribution in [0.2, 0.25) is 0 Å². The van der Waals surface area contributed by atoms with E-state index in [1.165, 1.54) is 28.2 Å². The lowest BCUT2D eigenvalue weighted by atomic mass is 10.00. The van der Waals surface area contributed by atoms with Gasteiger partial charge >= 0.3 is 0 Å². The van der Waals surface area contributed by atoms with Gasteiger partial charge < -0.3 is 19.1 Å². The van der Waals surface area contributed by atoms with Crippen LogP contribution in [-0.2, 0) is 13.1 Å². The predicted molar refractivity (Wildman–Crippen MR) is 166 cm³/mol. The van der Waals surface area contributed by atoms with Gasteiger partial charge in [0.1, 0.15) is 17.9 Å². The largest absolute Gasteiger partial charge is 0.488 e. The number of nitrogens with zero attached hydrogens (tertiary/aromatic N) is 2. The van der Waals surface area contributed by atoms with Crippen molar-refractivity contribution in [2.45, 2.75) is 52.2 Å². The van der Waals surface area contributed by atoms with E-state index in [-0.39, 0.29) is 18.7 Å². The number of fused-ring (bicyclic) bond motifs is 2. The summed E-state index contributed by atoms with van der Waals surface area (Å²) in [4.78, 5) is 4.94. The maximum Gasteiger partial charge on any atom is 0.231 e. The molecule has 0 amide bonds. The molecule has 2 atom stereocenters. The normalized spacial score (nSPS) is 15.2. The Morgan fingerprint density at radius 1 is 1.00 bits per heavy atom. The fraction of sp³-hybridized carbons (Fsp3) is 0.353. The van der Waals surface area contributed by atoms with Gasteiger partial charge in [0.2, 0.25) is 6.79 Å². The second-order valence-corrected chi connectivity index (χ2v) is 11.7. The monoisotopic (exact) mass is 574 g/mol. The maximum absolute atomic E-state index is 14.4. The average molecular weight is 575 g/mol. The molecule has 2 unspecified atom stereocenters.